The summed E-state index contributed by atoms with van der Waals surface area (Å²) in [5.74, 6) is 1.31. The molecule has 0 bridgehead atoms. The summed E-state index contributed by atoms with van der Waals surface area (Å²) in [6, 6.07) is 12.1. The average molecular weight is 315 g/mol. The van der Waals surface area contributed by atoms with Gasteiger partial charge in [0.2, 0.25) is 0 Å². The van der Waals surface area contributed by atoms with E-state index in [1.807, 2.05) is 24.3 Å². The SMILES string of the molecule is COc1ccc(N[C@H](c2cccs2)C2CCCCC2=O)cc1. The van der Waals surface area contributed by atoms with Gasteiger partial charge in [0.1, 0.15) is 11.5 Å². The van der Waals surface area contributed by atoms with E-state index in [0.717, 1.165) is 37.1 Å². The number of carbonyl (C=O) groups excluding carboxylic acids is 1. The molecule has 0 spiro atoms. The predicted octanol–water partition coefficient (Wildman–Crippen LogP) is 4.67. The predicted molar refractivity (Wildman–Crippen MR) is 90.6 cm³/mol. The summed E-state index contributed by atoms with van der Waals surface area (Å²) in [5, 5.41) is 5.64. The van der Waals surface area contributed by atoms with Crippen LogP contribution in [-0.2, 0) is 4.79 Å². The first kappa shape index (κ1) is 15.1. The van der Waals surface area contributed by atoms with Crippen LogP contribution < -0.4 is 10.1 Å². The number of hydrogen-bond donors (Lipinski definition) is 1. The Bertz CT molecular complexity index is 607. The van der Waals surface area contributed by atoms with Crippen molar-refractivity contribution < 1.29 is 9.53 Å². The molecule has 2 atom stereocenters. The molecule has 3 rings (SSSR count). The van der Waals surface area contributed by atoms with Crippen LogP contribution in [0.15, 0.2) is 41.8 Å². The molecule has 1 saturated carbocycles. The van der Waals surface area contributed by atoms with Crippen molar-refractivity contribution in [3.8, 4) is 5.75 Å². The van der Waals surface area contributed by atoms with Crippen LogP contribution in [0.3, 0.4) is 0 Å². The number of ketones is 1. The lowest BCUT2D eigenvalue weighted by Gasteiger charge is -2.30. The molecule has 0 saturated heterocycles. The fourth-order valence-corrected chi connectivity index (χ4v) is 3.91. The van der Waals surface area contributed by atoms with Gasteiger partial charge in [-0.2, -0.15) is 0 Å². The molecule has 1 fully saturated rings. The van der Waals surface area contributed by atoms with Crippen LogP contribution in [0.5, 0.6) is 5.75 Å². The lowest BCUT2D eigenvalue weighted by molar-refractivity contribution is -0.125. The molecule has 1 heterocycles. The zero-order chi connectivity index (χ0) is 15.4. The number of rotatable bonds is 5. The maximum absolute atomic E-state index is 12.4. The van der Waals surface area contributed by atoms with Gasteiger partial charge in [-0.25, -0.2) is 0 Å². The van der Waals surface area contributed by atoms with Crippen molar-refractivity contribution in [3.05, 3.63) is 46.7 Å². The second-order valence-corrected chi connectivity index (χ2v) is 6.66. The lowest BCUT2D eigenvalue weighted by Crippen LogP contribution is -2.29. The summed E-state index contributed by atoms with van der Waals surface area (Å²) in [6.07, 6.45) is 3.87. The summed E-state index contributed by atoms with van der Waals surface area (Å²) in [7, 11) is 1.66. The van der Waals surface area contributed by atoms with Gasteiger partial charge in [0.25, 0.3) is 0 Å². The Kier molecular flexibility index (Phi) is 4.78. The maximum Gasteiger partial charge on any atom is 0.138 e. The van der Waals surface area contributed by atoms with E-state index in [1.165, 1.54) is 4.88 Å². The first-order valence-electron chi connectivity index (χ1n) is 7.74. The van der Waals surface area contributed by atoms with Crippen LogP contribution in [0.4, 0.5) is 5.69 Å². The van der Waals surface area contributed by atoms with Gasteiger partial charge in [0.05, 0.1) is 13.2 Å². The number of anilines is 1. The summed E-state index contributed by atoms with van der Waals surface area (Å²) in [6.45, 7) is 0. The summed E-state index contributed by atoms with van der Waals surface area (Å²) in [5.41, 5.74) is 1.03. The third kappa shape index (κ3) is 3.33. The van der Waals surface area contributed by atoms with Crippen LogP contribution in [0.2, 0.25) is 0 Å². The van der Waals surface area contributed by atoms with Crippen LogP contribution in [0.1, 0.15) is 36.6 Å². The van der Waals surface area contributed by atoms with Crippen molar-refractivity contribution in [3.63, 3.8) is 0 Å². The molecule has 1 aliphatic rings. The zero-order valence-electron chi connectivity index (χ0n) is 12.7. The van der Waals surface area contributed by atoms with Crippen molar-refractivity contribution in [2.45, 2.75) is 31.7 Å². The van der Waals surface area contributed by atoms with Crippen molar-refractivity contribution in [2.24, 2.45) is 5.92 Å². The van der Waals surface area contributed by atoms with E-state index in [-0.39, 0.29) is 12.0 Å². The first-order chi connectivity index (χ1) is 10.8. The molecule has 2 aromatic rings. The zero-order valence-corrected chi connectivity index (χ0v) is 13.6. The second kappa shape index (κ2) is 6.97. The van der Waals surface area contributed by atoms with Crippen molar-refractivity contribution >= 4 is 22.8 Å². The molecule has 1 N–H and O–H groups in total. The molecule has 4 heteroatoms. The van der Waals surface area contributed by atoms with E-state index in [0.29, 0.717) is 5.78 Å². The van der Waals surface area contributed by atoms with Crippen LogP contribution in [-0.4, -0.2) is 12.9 Å². The fourth-order valence-electron chi connectivity index (χ4n) is 3.07. The van der Waals surface area contributed by atoms with Gasteiger partial charge < -0.3 is 10.1 Å². The Morgan fingerprint density at radius 3 is 2.68 bits per heavy atom. The number of methoxy groups -OCH3 is 1. The topological polar surface area (TPSA) is 38.3 Å². The number of carbonyl (C=O) groups is 1. The van der Waals surface area contributed by atoms with Gasteiger partial charge in [0.15, 0.2) is 0 Å². The minimum Gasteiger partial charge on any atom is -0.497 e. The third-order valence-corrected chi connectivity index (χ3v) is 5.22. The molecular weight excluding hydrogens is 294 g/mol. The number of Topliss-reactive ketones (excluding diaryl/α,β-unsaturated/α-hetero) is 1. The van der Waals surface area contributed by atoms with Gasteiger partial charge in [0, 0.05) is 22.9 Å². The van der Waals surface area contributed by atoms with Gasteiger partial charge in [-0.1, -0.05) is 12.5 Å². The molecule has 0 aliphatic heterocycles. The highest BCUT2D eigenvalue weighted by Crippen LogP contribution is 2.36. The lowest BCUT2D eigenvalue weighted by atomic mass is 9.82. The maximum atomic E-state index is 12.4. The van der Waals surface area contributed by atoms with Crippen LogP contribution >= 0.6 is 11.3 Å². The van der Waals surface area contributed by atoms with Crippen LogP contribution in [0.25, 0.3) is 0 Å². The van der Waals surface area contributed by atoms with Crippen molar-refractivity contribution in [1.29, 1.82) is 0 Å². The highest BCUT2D eigenvalue weighted by atomic mass is 32.1. The van der Waals surface area contributed by atoms with Gasteiger partial charge in [-0.15, -0.1) is 11.3 Å². The Balaban J connectivity index is 1.83. The average Bonchev–Trinajstić information content (AvgIpc) is 3.08. The first-order valence-corrected chi connectivity index (χ1v) is 8.62. The number of ether oxygens (including phenoxy) is 1. The molecule has 0 amide bonds. The number of benzene rings is 1. The molecule has 22 heavy (non-hydrogen) atoms. The van der Waals surface area contributed by atoms with Crippen LogP contribution in [0, 0.1) is 5.92 Å². The van der Waals surface area contributed by atoms with Crippen molar-refractivity contribution in [2.75, 3.05) is 12.4 Å². The Labute approximate surface area is 135 Å². The summed E-state index contributed by atoms with van der Waals surface area (Å²) >= 11 is 1.71. The summed E-state index contributed by atoms with van der Waals surface area (Å²) < 4.78 is 5.20. The van der Waals surface area contributed by atoms with E-state index in [4.69, 9.17) is 4.74 Å². The Morgan fingerprint density at radius 2 is 2.05 bits per heavy atom. The summed E-state index contributed by atoms with van der Waals surface area (Å²) in [4.78, 5) is 13.6. The van der Waals surface area contributed by atoms with E-state index in [1.54, 1.807) is 18.4 Å². The molecule has 1 aliphatic carbocycles. The quantitative estimate of drug-likeness (QED) is 0.871. The molecule has 116 valence electrons. The molecule has 1 aromatic heterocycles. The van der Waals surface area contributed by atoms with E-state index >= 15 is 0 Å². The second-order valence-electron chi connectivity index (χ2n) is 5.68. The van der Waals surface area contributed by atoms with E-state index in [9.17, 15) is 4.79 Å². The molecule has 0 radical (unpaired) electrons. The number of hydrogen-bond acceptors (Lipinski definition) is 4. The standard InChI is InChI=1S/C18H21NO2S/c1-21-14-10-8-13(9-11-14)19-18(17-7-4-12-22-17)15-5-2-3-6-16(15)20/h4,7-12,15,18-19H,2-3,5-6H2,1H3/t15?,18-/m0/s1. The van der Waals surface area contributed by atoms with Gasteiger partial charge in [-0.3, -0.25) is 4.79 Å². The molecular formula is C18H21NO2S. The minimum atomic E-state index is 0.0706. The van der Waals surface area contributed by atoms with Gasteiger partial charge in [-0.05, 0) is 48.6 Å². The van der Waals surface area contributed by atoms with Gasteiger partial charge >= 0.3 is 0 Å². The van der Waals surface area contributed by atoms with Crippen molar-refractivity contribution in [1.82, 2.24) is 0 Å². The number of nitrogens with one attached hydrogen (secondary N) is 1. The highest BCUT2D eigenvalue weighted by Gasteiger charge is 2.31. The normalized spacial score (nSPS) is 19.7. The number of thiophene rings is 1. The smallest absolute Gasteiger partial charge is 0.138 e. The third-order valence-electron chi connectivity index (χ3n) is 4.27. The largest absolute Gasteiger partial charge is 0.497 e. The molecule has 1 unspecified atom stereocenters. The van der Waals surface area contributed by atoms with E-state index < -0.39 is 0 Å². The van der Waals surface area contributed by atoms with E-state index in [2.05, 4.69) is 22.8 Å². The molecule has 1 aromatic carbocycles. The monoisotopic (exact) mass is 315 g/mol. The fraction of sp³-hybridized carbons (Fsp3) is 0.389. The highest BCUT2D eigenvalue weighted by molar-refractivity contribution is 7.10. The molecule has 3 nitrogen and oxygen atoms in total. The Hall–Kier alpha value is -1.81. The Morgan fingerprint density at radius 1 is 1.23 bits per heavy atom. The minimum absolute atomic E-state index is 0.0706.